The van der Waals surface area contributed by atoms with E-state index in [-0.39, 0.29) is 0 Å². The summed E-state index contributed by atoms with van der Waals surface area (Å²) in [5.41, 5.74) is 1.24. The third kappa shape index (κ3) is 3.79. The zero-order valence-corrected chi connectivity index (χ0v) is 10.7. The van der Waals surface area contributed by atoms with Crippen LogP contribution in [0.1, 0.15) is 5.56 Å². The van der Waals surface area contributed by atoms with Crippen molar-refractivity contribution < 1.29 is 0 Å². The maximum atomic E-state index is 4.44. The van der Waals surface area contributed by atoms with E-state index in [2.05, 4.69) is 47.3 Å². The number of nitrogens with one attached hydrogen (secondary N) is 1. The van der Waals surface area contributed by atoms with Gasteiger partial charge in [-0.3, -0.25) is 0 Å². The van der Waals surface area contributed by atoms with Gasteiger partial charge in [0.2, 0.25) is 0 Å². The zero-order chi connectivity index (χ0) is 12.0. The van der Waals surface area contributed by atoms with Crippen molar-refractivity contribution >= 4 is 5.82 Å². The summed E-state index contributed by atoms with van der Waals surface area (Å²) in [5, 5.41) is 3.17. The van der Waals surface area contributed by atoms with Gasteiger partial charge < -0.3 is 15.1 Å². The van der Waals surface area contributed by atoms with Gasteiger partial charge in [-0.1, -0.05) is 6.07 Å². The predicted molar refractivity (Wildman–Crippen MR) is 68.8 cm³/mol. The third-order valence-corrected chi connectivity index (χ3v) is 2.48. The van der Waals surface area contributed by atoms with Gasteiger partial charge in [-0.2, -0.15) is 0 Å². The second-order valence-electron chi connectivity index (χ2n) is 4.24. The molecule has 0 bridgehead atoms. The van der Waals surface area contributed by atoms with Crippen molar-refractivity contribution in [2.24, 2.45) is 0 Å². The Bertz CT molecular complexity index is 312. The molecule has 0 amide bonds. The highest BCUT2D eigenvalue weighted by molar-refractivity contribution is 5.45. The molecule has 0 aliphatic carbocycles. The molecule has 0 fully saturated rings. The second kappa shape index (κ2) is 6.45. The highest BCUT2D eigenvalue weighted by Crippen LogP contribution is 2.14. The summed E-state index contributed by atoms with van der Waals surface area (Å²) < 4.78 is 0. The Labute approximate surface area is 98.3 Å². The molecule has 0 spiro atoms. The second-order valence-corrected chi connectivity index (χ2v) is 4.24. The van der Waals surface area contributed by atoms with Gasteiger partial charge >= 0.3 is 0 Å². The topological polar surface area (TPSA) is 31.4 Å². The van der Waals surface area contributed by atoms with E-state index in [9.17, 15) is 0 Å². The highest BCUT2D eigenvalue weighted by atomic mass is 15.2. The molecule has 0 saturated heterocycles. The van der Waals surface area contributed by atoms with E-state index in [0.717, 1.165) is 25.5 Å². The van der Waals surface area contributed by atoms with Crippen LogP contribution >= 0.6 is 0 Å². The van der Waals surface area contributed by atoms with E-state index in [4.69, 9.17) is 0 Å². The van der Waals surface area contributed by atoms with E-state index in [0.29, 0.717) is 0 Å². The SMILES string of the molecule is CNCc1cccnc1N(C)CCN(C)C. The Balaban J connectivity index is 2.69. The number of likely N-dealkylation sites (N-methyl/N-ethyl adjacent to an activating group) is 2. The van der Waals surface area contributed by atoms with Crippen LogP contribution in [0.15, 0.2) is 18.3 Å². The molecule has 0 aromatic carbocycles. The van der Waals surface area contributed by atoms with Gasteiger partial charge in [0.25, 0.3) is 0 Å². The molecule has 4 nitrogen and oxygen atoms in total. The first kappa shape index (κ1) is 12.9. The van der Waals surface area contributed by atoms with Crippen LogP contribution in [0.2, 0.25) is 0 Å². The standard InChI is InChI=1S/C12H22N4/c1-13-10-11-6-5-7-14-12(11)16(4)9-8-15(2)3/h5-7,13H,8-10H2,1-4H3. The molecule has 1 rings (SSSR count). The summed E-state index contributed by atoms with van der Waals surface area (Å²) >= 11 is 0. The molecular weight excluding hydrogens is 200 g/mol. The van der Waals surface area contributed by atoms with E-state index in [1.54, 1.807) is 0 Å². The smallest absolute Gasteiger partial charge is 0.132 e. The highest BCUT2D eigenvalue weighted by Gasteiger charge is 2.07. The Morgan fingerprint density at radius 1 is 1.25 bits per heavy atom. The van der Waals surface area contributed by atoms with Gasteiger partial charge in [-0.15, -0.1) is 0 Å². The maximum absolute atomic E-state index is 4.44. The molecule has 1 aromatic heterocycles. The van der Waals surface area contributed by atoms with Crippen LogP contribution in [-0.2, 0) is 6.54 Å². The average Bonchev–Trinajstić information content (AvgIpc) is 2.27. The molecule has 1 aromatic rings. The van der Waals surface area contributed by atoms with Crippen molar-refractivity contribution in [3.8, 4) is 0 Å². The van der Waals surface area contributed by atoms with Crippen molar-refractivity contribution in [2.45, 2.75) is 6.54 Å². The molecule has 4 heteroatoms. The van der Waals surface area contributed by atoms with Crippen molar-refractivity contribution in [1.82, 2.24) is 15.2 Å². The van der Waals surface area contributed by atoms with Gasteiger partial charge in [-0.05, 0) is 27.2 Å². The minimum atomic E-state index is 0.857. The number of anilines is 1. The number of rotatable bonds is 6. The molecule has 0 saturated carbocycles. The van der Waals surface area contributed by atoms with Crippen LogP contribution in [0.5, 0.6) is 0 Å². The average molecular weight is 222 g/mol. The number of hydrogen-bond donors (Lipinski definition) is 1. The number of pyridine rings is 1. The van der Waals surface area contributed by atoms with Crippen molar-refractivity contribution in [1.29, 1.82) is 0 Å². The lowest BCUT2D eigenvalue weighted by molar-refractivity contribution is 0.416. The monoisotopic (exact) mass is 222 g/mol. The molecule has 0 atom stereocenters. The molecule has 1 heterocycles. The molecule has 0 unspecified atom stereocenters. The van der Waals surface area contributed by atoms with Gasteiger partial charge in [0.1, 0.15) is 5.82 Å². The summed E-state index contributed by atoms with van der Waals surface area (Å²) in [6.45, 7) is 2.88. The van der Waals surface area contributed by atoms with Crippen LogP contribution in [0, 0.1) is 0 Å². The molecule has 0 aliphatic heterocycles. The fraction of sp³-hybridized carbons (Fsp3) is 0.583. The fourth-order valence-electron chi connectivity index (χ4n) is 1.56. The lowest BCUT2D eigenvalue weighted by Gasteiger charge is -2.22. The first-order valence-electron chi connectivity index (χ1n) is 5.59. The lowest BCUT2D eigenvalue weighted by Crippen LogP contribution is -2.30. The fourth-order valence-corrected chi connectivity index (χ4v) is 1.56. The molecule has 90 valence electrons. The van der Waals surface area contributed by atoms with Crippen molar-refractivity contribution in [2.75, 3.05) is 46.2 Å². The molecule has 1 N–H and O–H groups in total. The summed E-state index contributed by atoms with van der Waals surface area (Å²) in [4.78, 5) is 8.82. The minimum Gasteiger partial charge on any atom is -0.358 e. The van der Waals surface area contributed by atoms with E-state index in [1.807, 2.05) is 19.3 Å². The summed E-state index contributed by atoms with van der Waals surface area (Å²) in [6, 6.07) is 4.10. The predicted octanol–water partition coefficient (Wildman–Crippen LogP) is 0.799. The lowest BCUT2D eigenvalue weighted by atomic mass is 10.2. The molecule has 0 radical (unpaired) electrons. The Morgan fingerprint density at radius 3 is 2.62 bits per heavy atom. The van der Waals surface area contributed by atoms with Crippen LogP contribution < -0.4 is 10.2 Å². The largest absolute Gasteiger partial charge is 0.358 e. The van der Waals surface area contributed by atoms with Crippen LogP contribution in [0.4, 0.5) is 5.82 Å². The molecular formula is C12H22N4. The minimum absolute atomic E-state index is 0.857. The van der Waals surface area contributed by atoms with Gasteiger partial charge in [0.05, 0.1) is 0 Å². The summed E-state index contributed by atoms with van der Waals surface area (Å²) in [7, 11) is 8.21. The molecule has 0 aliphatic rings. The normalized spacial score (nSPS) is 10.8. The van der Waals surface area contributed by atoms with Crippen LogP contribution in [0.25, 0.3) is 0 Å². The van der Waals surface area contributed by atoms with Crippen molar-refractivity contribution in [3.05, 3.63) is 23.9 Å². The Hall–Kier alpha value is -1.13. The maximum Gasteiger partial charge on any atom is 0.132 e. The zero-order valence-electron chi connectivity index (χ0n) is 10.7. The summed E-state index contributed by atoms with van der Waals surface area (Å²) in [6.07, 6.45) is 1.85. The summed E-state index contributed by atoms with van der Waals surface area (Å²) in [5.74, 6) is 1.07. The van der Waals surface area contributed by atoms with Gasteiger partial charge in [-0.25, -0.2) is 4.98 Å². The first-order chi connectivity index (χ1) is 7.65. The van der Waals surface area contributed by atoms with E-state index >= 15 is 0 Å². The Kier molecular flexibility index (Phi) is 5.22. The number of aromatic nitrogens is 1. The van der Waals surface area contributed by atoms with E-state index < -0.39 is 0 Å². The first-order valence-corrected chi connectivity index (χ1v) is 5.59. The third-order valence-electron chi connectivity index (χ3n) is 2.48. The van der Waals surface area contributed by atoms with Crippen LogP contribution in [-0.4, -0.2) is 51.2 Å². The molecule has 16 heavy (non-hydrogen) atoms. The quantitative estimate of drug-likeness (QED) is 0.771. The van der Waals surface area contributed by atoms with E-state index in [1.165, 1.54) is 5.56 Å². The van der Waals surface area contributed by atoms with Gasteiger partial charge in [0, 0.05) is 38.4 Å². The van der Waals surface area contributed by atoms with Crippen molar-refractivity contribution in [3.63, 3.8) is 0 Å². The van der Waals surface area contributed by atoms with Crippen LogP contribution in [0.3, 0.4) is 0 Å². The van der Waals surface area contributed by atoms with Gasteiger partial charge in [0.15, 0.2) is 0 Å². The number of nitrogens with zero attached hydrogens (tertiary/aromatic N) is 3. The number of hydrogen-bond acceptors (Lipinski definition) is 4. The Morgan fingerprint density at radius 2 is 2.00 bits per heavy atom.